The molecule has 1 atom stereocenters. The van der Waals surface area contributed by atoms with E-state index in [4.69, 9.17) is 0 Å². The molecule has 0 bridgehead atoms. The average molecular weight is 395 g/mol. The molecule has 3 nitrogen and oxygen atoms in total. The summed E-state index contributed by atoms with van der Waals surface area (Å²) in [5.41, 5.74) is 2.12. The Kier molecular flexibility index (Phi) is 6.60. The van der Waals surface area contributed by atoms with Crippen LogP contribution in [0.4, 0.5) is 4.39 Å². The summed E-state index contributed by atoms with van der Waals surface area (Å²) in [6.45, 7) is 4.03. The van der Waals surface area contributed by atoms with Gasteiger partial charge >= 0.3 is 0 Å². The maximum atomic E-state index is 14.0. The molecule has 1 unspecified atom stereocenters. The van der Waals surface area contributed by atoms with E-state index in [0.717, 1.165) is 63.8 Å². The van der Waals surface area contributed by atoms with Gasteiger partial charge in [0.15, 0.2) is 0 Å². The summed E-state index contributed by atoms with van der Waals surface area (Å²) >= 11 is 0. The number of halogens is 1. The highest BCUT2D eigenvalue weighted by Crippen LogP contribution is 2.26. The fraction of sp³-hybridized carbons (Fsp3) is 0.480. The molecule has 29 heavy (non-hydrogen) atoms. The Morgan fingerprint density at radius 1 is 0.931 bits per heavy atom. The number of hydrogen-bond acceptors (Lipinski definition) is 2. The molecule has 2 aromatic carbocycles. The smallest absolute Gasteiger partial charge is 0.226 e. The van der Waals surface area contributed by atoms with Crippen molar-refractivity contribution in [2.45, 2.75) is 38.6 Å². The second-order valence-corrected chi connectivity index (χ2v) is 8.62. The molecule has 0 radical (unpaired) electrons. The van der Waals surface area contributed by atoms with E-state index in [-0.39, 0.29) is 11.7 Å². The van der Waals surface area contributed by atoms with Crippen molar-refractivity contribution < 1.29 is 9.18 Å². The Balaban J connectivity index is 1.27. The van der Waals surface area contributed by atoms with Crippen molar-refractivity contribution in [3.8, 4) is 0 Å². The molecule has 2 aliphatic rings. The van der Waals surface area contributed by atoms with Gasteiger partial charge in [-0.2, -0.15) is 0 Å². The summed E-state index contributed by atoms with van der Waals surface area (Å²) in [5, 5.41) is 0. The van der Waals surface area contributed by atoms with Crippen molar-refractivity contribution in [2.24, 2.45) is 11.8 Å². The Morgan fingerprint density at radius 3 is 2.41 bits per heavy atom. The van der Waals surface area contributed by atoms with E-state index in [1.807, 2.05) is 12.1 Å². The summed E-state index contributed by atoms with van der Waals surface area (Å²) in [7, 11) is 0. The normalized spacial score (nSPS) is 21.3. The fourth-order valence-corrected chi connectivity index (χ4v) is 4.83. The monoisotopic (exact) mass is 394 g/mol. The number of rotatable bonds is 5. The van der Waals surface area contributed by atoms with Crippen LogP contribution in [0.3, 0.4) is 0 Å². The number of benzene rings is 2. The van der Waals surface area contributed by atoms with Crippen LogP contribution in [0, 0.1) is 17.7 Å². The van der Waals surface area contributed by atoms with E-state index in [9.17, 15) is 9.18 Å². The highest BCUT2D eigenvalue weighted by atomic mass is 19.1. The molecule has 4 rings (SSSR count). The van der Waals surface area contributed by atoms with Crippen molar-refractivity contribution in [1.29, 1.82) is 0 Å². The van der Waals surface area contributed by atoms with Gasteiger partial charge in [-0.05, 0) is 56.2 Å². The molecule has 2 aromatic rings. The number of amides is 1. The first-order valence-electron chi connectivity index (χ1n) is 11.0. The number of carbonyl (C=O) groups excluding carboxylic acids is 1. The van der Waals surface area contributed by atoms with Crippen molar-refractivity contribution in [1.82, 2.24) is 9.80 Å². The van der Waals surface area contributed by atoms with Crippen LogP contribution in [0.25, 0.3) is 0 Å². The maximum absolute atomic E-state index is 14.0. The molecule has 0 spiro atoms. The van der Waals surface area contributed by atoms with Crippen LogP contribution in [0.2, 0.25) is 0 Å². The zero-order valence-electron chi connectivity index (χ0n) is 17.1. The molecule has 2 fully saturated rings. The van der Waals surface area contributed by atoms with Crippen LogP contribution in [0.15, 0.2) is 54.6 Å². The molecule has 2 heterocycles. The van der Waals surface area contributed by atoms with Crippen molar-refractivity contribution in [3.63, 3.8) is 0 Å². The van der Waals surface area contributed by atoms with Crippen LogP contribution >= 0.6 is 0 Å². The summed E-state index contributed by atoms with van der Waals surface area (Å²) in [4.78, 5) is 17.4. The van der Waals surface area contributed by atoms with Gasteiger partial charge in [0.2, 0.25) is 5.91 Å². The number of piperidine rings is 2. The van der Waals surface area contributed by atoms with Crippen LogP contribution in [0.1, 0.15) is 36.8 Å². The molecule has 4 heteroatoms. The summed E-state index contributed by atoms with van der Waals surface area (Å²) in [6.07, 6.45) is 5.26. The molecule has 2 aliphatic heterocycles. The number of hydrogen-bond donors (Lipinski definition) is 0. The second-order valence-electron chi connectivity index (χ2n) is 8.62. The minimum atomic E-state index is -0.151. The van der Waals surface area contributed by atoms with E-state index < -0.39 is 0 Å². The molecule has 154 valence electrons. The highest BCUT2D eigenvalue weighted by molar-refractivity contribution is 5.79. The quantitative estimate of drug-likeness (QED) is 0.744. The first-order valence-corrected chi connectivity index (χ1v) is 11.0. The van der Waals surface area contributed by atoms with Gasteiger partial charge in [-0.3, -0.25) is 9.69 Å². The SMILES string of the molecule is O=C(C1CCCN(Cc2ccccc2F)C1)N1CCC(Cc2ccccc2)CC1. The first kappa shape index (κ1) is 20.1. The Bertz CT molecular complexity index is 801. The van der Waals surface area contributed by atoms with E-state index in [0.29, 0.717) is 18.4 Å². The van der Waals surface area contributed by atoms with Crippen molar-refractivity contribution >= 4 is 5.91 Å². The lowest BCUT2D eigenvalue weighted by Crippen LogP contribution is -2.47. The van der Waals surface area contributed by atoms with Gasteiger partial charge in [-0.15, -0.1) is 0 Å². The van der Waals surface area contributed by atoms with Gasteiger partial charge in [0.05, 0.1) is 5.92 Å². The van der Waals surface area contributed by atoms with Crippen LogP contribution < -0.4 is 0 Å². The van der Waals surface area contributed by atoms with Gasteiger partial charge in [-0.25, -0.2) is 4.39 Å². The molecule has 0 aromatic heterocycles. The lowest BCUT2D eigenvalue weighted by atomic mass is 9.89. The zero-order valence-corrected chi connectivity index (χ0v) is 17.1. The van der Waals surface area contributed by atoms with E-state index in [2.05, 4.69) is 40.1 Å². The van der Waals surface area contributed by atoms with Gasteiger partial charge in [0, 0.05) is 31.7 Å². The molecule has 0 N–H and O–H groups in total. The van der Waals surface area contributed by atoms with Gasteiger partial charge in [0.25, 0.3) is 0 Å². The minimum absolute atomic E-state index is 0.0567. The average Bonchev–Trinajstić information content (AvgIpc) is 2.76. The predicted molar refractivity (Wildman–Crippen MR) is 114 cm³/mol. The Hall–Kier alpha value is -2.20. The largest absolute Gasteiger partial charge is 0.342 e. The van der Waals surface area contributed by atoms with E-state index in [1.54, 1.807) is 6.07 Å². The maximum Gasteiger partial charge on any atom is 0.226 e. The van der Waals surface area contributed by atoms with Gasteiger partial charge in [0.1, 0.15) is 5.82 Å². The third-order valence-corrected chi connectivity index (χ3v) is 6.50. The summed E-state index contributed by atoms with van der Waals surface area (Å²) < 4.78 is 14.0. The zero-order chi connectivity index (χ0) is 20.1. The predicted octanol–water partition coefficient (Wildman–Crippen LogP) is 4.52. The minimum Gasteiger partial charge on any atom is -0.342 e. The Labute approximate surface area is 173 Å². The van der Waals surface area contributed by atoms with Crippen molar-refractivity contribution in [2.75, 3.05) is 26.2 Å². The molecule has 2 saturated heterocycles. The molecule has 1 amide bonds. The number of nitrogens with zero attached hydrogens (tertiary/aromatic N) is 2. The molecular formula is C25H31FN2O. The second kappa shape index (κ2) is 9.53. The fourth-order valence-electron chi connectivity index (χ4n) is 4.83. The Morgan fingerprint density at radius 2 is 1.66 bits per heavy atom. The van der Waals surface area contributed by atoms with Crippen molar-refractivity contribution in [3.05, 3.63) is 71.5 Å². The topological polar surface area (TPSA) is 23.6 Å². The molecular weight excluding hydrogens is 363 g/mol. The summed E-state index contributed by atoms with van der Waals surface area (Å²) in [6, 6.07) is 17.6. The van der Waals surface area contributed by atoms with Crippen LogP contribution in [-0.4, -0.2) is 41.9 Å². The first-order chi connectivity index (χ1) is 14.2. The third-order valence-electron chi connectivity index (χ3n) is 6.50. The van der Waals surface area contributed by atoms with Crippen LogP contribution in [-0.2, 0) is 17.8 Å². The van der Waals surface area contributed by atoms with Gasteiger partial charge in [-0.1, -0.05) is 48.5 Å². The van der Waals surface area contributed by atoms with Crippen LogP contribution in [0.5, 0.6) is 0 Å². The third kappa shape index (κ3) is 5.24. The molecule has 0 aliphatic carbocycles. The number of carbonyl (C=O) groups is 1. The highest BCUT2D eigenvalue weighted by Gasteiger charge is 2.31. The molecule has 0 saturated carbocycles. The standard InChI is InChI=1S/C25H31FN2O/c26-24-11-5-4-9-22(24)18-27-14-6-10-23(19-27)25(29)28-15-12-21(13-16-28)17-20-7-2-1-3-8-20/h1-5,7-9,11,21,23H,6,10,12-19H2. The van der Waals surface area contributed by atoms with E-state index in [1.165, 1.54) is 11.6 Å². The lowest BCUT2D eigenvalue weighted by Gasteiger charge is -2.38. The number of likely N-dealkylation sites (tertiary alicyclic amines) is 2. The van der Waals surface area contributed by atoms with Gasteiger partial charge < -0.3 is 4.90 Å². The lowest BCUT2D eigenvalue weighted by molar-refractivity contribution is -0.138. The summed E-state index contributed by atoms with van der Waals surface area (Å²) in [5.74, 6) is 0.884. The van der Waals surface area contributed by atoms with E-state index >= 15 is 0 Å².